The Morgan fingerprint density at radius 2 is 1.48 bits per heavy atom. The first-order valence-electron chi connectivity index (χ1n) is 9.03. The van der Waals surface area contributed by atoms with Crippen LogP contribution in [0.25, 0.3) is 0 Å². The molecule has 0 aliphatic heterocycles. The molecule has 0 spiro atoms. The van der Waals surface area contributed by atoms with Crippen LogP contribution in [0.1, 0.15) is 31.1 Å². The van der Waals surface area contributed by atoms with Crippen LogP contribution in [0.15, 0.2) is 72.8 Å². The van der Waals surface area contributed by atoms with E-state index >= 15 is 0 Å². The molecule has 0 aliphatic carbocycles. The number of esters is 1. The van der Waals surface area contributed by atoms with Gasteiger partial charge in [0.2, 0.25) is 0 Å². The zero-order valence-corrected chi connectivity index (χ0v) is 16.3. The normalized spacial score (nSPS) is 10.1. The number of ether oxygens (including phenoxy) is 1. The van der Waals surface area contributed by atoms with Crippen molar-refractivity contribution in [2.24, 2.45) is 0 Å². The highest BCUT2D eigenvalue weighted by atomic mass is 16.6. The van der Waals surface area contributed by atoms with E-state index in [1.54, 1.807) is 36.4 Å². The number of nitro groups is 1. The second-order valence-electron chi connectivity index (χ2n) is 6.33. The molecule has 0 unspecified atom stereocenters. The molecule has 0 saturated heterocycles. The lowest BCUT2D eigenvalue weighted by Gasteiger charge is -2.11. The summed E-state index contributed by atoms with van der Waals surface area (Å²) in [6, 6.07) is 17.9. The number of amides is 2. The molecule has 0 fully saturated rings. The van der Waals surface area contributed by atoms with Crippen LogP contribution < -0.4 is 10.6 Å². The minimum Gasteiger partial charge on any atom is -0.465 e. The zero-order chi connectivity index (χ0) is 22.4. The molecule has 0 radical (unpaired) electrons. The molecule has 0 aromatic heterocycles. The van der Waals surface area contributed by atoms with Gasteiger partial charge in [0.1, 0.15) is 0 Å². The SMILES string of the molecule is COC(=O)c1ccccc1NC(=O)c1cccc(NC(=O)c2cccc([N+](=O)[O-])c2)c1. The standard InChI is InChI=1S/C22H17N3O6/c1-31-22(28)18-10-2-3-11-19(18)24-21(27)14-6-4-8-16(12-14)23-20(26)15-7-5-9-17(13-15)25(29)30/h2-13H,1H3,(H,23,26)(H,24,27). The van der Waals surface area contributed by atoms with Crippen LogP contribution in [-0.4, -0.2) is 29.8 Å². The van der Waals surface area contributed by atoms with Gasteiger partial charge in [0.15, 0.2) is 0 Å². The summed E-state index contributed by atoms with van der Waals surface area (Å²) in [4.78, 5) is 47.2. The molecular weight excluding hydrogens is 402 g/mol. The smallest absolute Gasteiger partial charge is 0.339 e. The van der Waals surface area contributed by atoms with E-state index in [1.165, 1.54) is 37.4 Å². The lowest BCUT2D eigenvalue weighted by molar-refractivity contribution is -0.384. The number of non-ortho nitro benzene ring substituents is 1. The number of nitrogens with zero attached hydrogens (tertiary/aromatic N) is 1. The molecule has 9 heteroatoms. The first-order valence-corrected chi connectivity index (χ1v) is 9.03. The van der Waals surface area contributed by atoms with E-state index in [-0.39, 0.29) is 28.1 Å². The molecular formula is C22H17N3O6. The van der Waals surface area contributed by atoms with Gasteiger partial charge in [-0.15, -0.1) is 0 Å². The van der Waals surface area contributed by atoms with Crippen molar-refractivity contribution in [2.75, 3.05) is 17.7 Å². The third-order valence-corrected chi connectivity index (χ3v) is 4.28. The van der Waals surface area contributed by atoms with Gasteiger partial charge in [-0.25, -0.2) is 4.79 Å². The summed E-state index contributed by atoms with van der Waals surface area (Å²) in [5.41, 5.74) is 0.946. The van der Waals surface area contributed by atoms with E-state index in [4.69, 9.17) is 4.74 Å². The lowest BCUT2D eigenvalue weighted by atomic mass is 10.1. The molecule has 0 bridgehead atoms. The van der Waals surface area contributed by atoms with Crippen molar-refractivity contribution < 1.29 is 24.0 Å². The Balaban J connectivity index is 1.77. The predicted octanol–water partition coefficient (Wildman–Crippen LogP) is 3.89. The van der Waals surface area contributed by atoms with Gasteiger partial charge >= 0.3 is 5.97 Å². The molecule has 156 valence electrons. The van der Waals surface area contributed by atoms with Crippen LogP contribution in [0.5, 0.6) is 0 Å². The Labute approximate surface area is 176 Å². The van der Waals surface area contributed by atoms with Gasteiger partial charge in [-0.05, 0) is 36.4 Å². The van der Waals surface area contributed by atoms with Crippen molar-refractivity contribution in [1.82, 2.24) is 0 Å². The van der Waals surface area contributed by atoms with Gasteiger partial charge in [0.05, 0.1) is 23.3 Å². The molecule has 0 heterocycles. The molecule has 3 rings (SSSR count). The van der Waals surface area contributed by atoms with E-state index in [1.807, 2.05) is 0 Å². The summed E-state index contributed by atoms with van der Waals surface area (Å²) < 4.78 is 4.71. The molecule has 3 aromatic carbocycles. The largest absolute Gasteiger partial charge is 0.465 e. The van der Waals surface area contributed by atoms with Crippen molar-refractivity contribution in [3.63, 3.8) is 0 Å². The second-order valence-corrected chi connectivity index (χ2v) is 6.33. The van der Waals surface area contributed by atoms with E-state index < -0.39 is 22.7 Å². The Morgan fingerprint density at radius 3 is 2.19 bits per heavy atom. The quantitative estimate of drug-likeness (QED) is 0.354. The van der Waals surface area contributed by atoms with Crippen molar-refractivity contribution in [3.05, 3.63) is 99.6 Å². The maximum absolute atomic E-state index is 12.7. The Morgan fingerprint density at radius 1 is 0.839 bits per heavy atom. The van der Waals surface area contributed by atoms with Crippen molar-refractivity contribution in [3.8, 4) is 0 Å². The van der Waals surface area contributed by atoms with Crippen LogP contribution in [0.2, 0.25) is 0 Å². The number of hydrogen-bond acceptors (Lipinski definition) is 6. The molecule has 2 N–H and O–H groups in total. The molecule has 0 atom stereocenters. The Hall–Kier alpha value is -4.53. The topological polar surface area (TPSA) is 128 Å². The summed E-state index contributed by atoms with van der Waals surface area (Å²) in [7, 11) is 1.24. The molecule has 3 aromatic rings. The maximum atomic E-state index is 12.7. The van der Waals surface area contributed by atoms with Gasteiger partial charge in [-0.1, -0.05) is 24.3 Å². The van der Waals surface area contributed by atoms with E-state index in [9.17, 15) is 24.5 Å². The number of nitro benzene ring substituents is 1. The van der Waals surface area contributed by atoms with E-state index in [0.29, 0.717) is 5.69 Å². The predicted molar refractivity (Wildman–Crippen MR) is 113 cm³/mol. The number of hydrogen-bond donors (Lipinski definition) is 2. The summed E-state index contributed by atoms with van der Waals surface area (Å²) >= 11 is 0. The Bertz CT molecular complexity index is 1180. The first-order chi connectivity index (χ1) is 14.9. The third-order valence-electron chi connectivity index (χ3n) is 4.28. The second kappa shape index (κ2) is 9.31. The fourth-order valence-corrected chi connectivity index (χ4v) is 2.78. The number of carbonyl (C=O) groups is 3. The number of nitrogens with one attached hydrogen (secondary N) is 2. The van der Waals surface area contributed by atoms with Crippen LogP contribution in [0.3, 0.4) is 0 Å². The maximum Gasteiger partial charge on any atom is 0.339 e. The van der Waals surface area contributed by atoms with Gasteiger partial charge < -0.3 is 15.4 Å². The van der Waals surface area contributed by atoms with Gasteiger partial charge in [-0.3, -0.25) is 19.7 Å². The first kappa shape index (κ1) is 21.2. The summed E-state index contributed by atoms with van der Waals surface area (Å²) in [6.07, 6.45) is 0. The van der Waals surface area contributed by atoms with Gasteiger partial charge in [-0.2, -0.15) is 0 Å². The number of rotatable bonds is 6. The molecule has 9 nitrogen and oxygen atoms in total. The average molecular weight is 419 g/mol. The van der Waals surface area contributed by atoms with Crippen LogP contribution >= 0.6 is 0 Å². The van der Waals surface area contributed by atoms with Crippen molar-refractivity contribution >= 4 is 34.8 Å². The van der Waals surface area contributed by atoms with E-state index in [2.05, 4.69) is 10.6 Å². The minimum atomic E-state index is -0.589. The Kier molecular flexibility index (Phi) is 6.36. The average Bonchev–Trinajstić information content (AvgIpc) is 2.79. The highest BCUT2D eigenvalue weighted by molar-refractivity contribution is 6.09. The number of carbonyl (C=O) groups excluding carboxylic acids is 3. The monoisotopic (exact) mass is 419 g/mol. The number of anilines is 2. The van der Waals surface area contributed by atoms with Crippen LogP contribution in [-0.2, 0) is 4.74 Å². The number of methoxy groups -OCH3 is 1. The highest BCUT2D eigenvalue weighted by Crippen LogP contribution is 2.19. The molecule has 0 aliphatic rings. The van der Waals surface area contributed by atoms with Crippen LogP contribution in [0, 0.1) is 10.1 Å². The summed E-state index contributed by atoms with van der Waals surface area (Å²) in [5, 5.41) is 16.1. The van der Waals surface area contributed by atoms with Crippen molar-refractivity contribution in [2.45, 2.75) is 0 Å². The third kappa shape index (κ3) is 5.10. The lowest BCUT2D eigenvalue weighted by Crippen LogP contribution is -2.16. The van der Waals surface area contributed by atoms with Gasteiger partial charge in [0, 0.05) is 28.9 Å². The zero-order valence-electron chi connectivity index (χ0n) is 16.3. The number of para-hydroxylation sites is 1. The fourth-order valence-electron chi connectivity index (χ4n) is 2.78. The molecule has 31 heavy (non-hydrogen) atoms. The van der Waals surface area contributed by atoms with Gasteiger partial charge in [0.25, 0.3) is 17.5 Å². The fraction of sp³-hybridized carbons (Fsp3) is 0.0455. The summed E-state index contributed by atoms with van der Waals surface area (Å²) in [5.74, 6) is -1.64. The number of benzene rings is 3. The minimum absolute atomic E-state index is 0.107. The van der Waals surface area contributed by atoms with Crippen molar-refractivity contribution in [1.29, 1.82) is 0 Å². The molecule has 2 amide bonds. The summed E-state index contributed by atoms with van der Waals surface area (Å²) in [6.45, 7) is 0. The van der Waals surface area contributed by atoms with E-state index in [0.717, 1.165) is 6.07 Å². The highest BCUT2D eigenvalue weighted by Gasteiger charge is 2.16. The van der Waals surface area contributed by atoms with Crippen LogP contribution in [0.4, 0.5) is 17.1 Å². The molecule has 0 saturated carbocycles.